The van der Waals surface area contributed by atoms with Crippen LogP contribution in [0.3, 0.4) is 0 Å². The smallest absolute Gasteiger partial charge is 0.188 e. The van der Waals surface area contributed by atoms with Crippen LogP contribution in [0.1, 0.15) is 32.6 Å². The first-order valence-electron chi connectivity index (χ1n) is 7.30. The molecule has 0 radical (unpaired) electrons. The summed E-state index contributed by atoms with van der Waals surface area (Å²) in [5.74, 6) is 0.0589. The molecule has 0 aliphatic rings. The van der Waals surface area contributed by atoms with Crippen LogP contribution in [0.4, 0.5) is 0 Å². The molecule has 0 unspecified atom stereocenters. The number of rotatable bonds is 6. The molecule has 2 aromatic carbocycles. The predicted octanol–water partition coefficient (Wildman–Crippen LogP) is 4.05. The Kier molecular flexibility index (Phi) is 5.29. The van der Waals surface area contributed by atoms with Gasteiger partial charge in [-0.2, -0.15) is 0 Å². The van der Waals surface area contributed by atoms with Crippen LogP contribution < -0.4 is 0 Å². The molecule has 0 fully saturated rings. The maximum Gasteiger partial charge on any atom is 0.188 e. The van der Waals surface area contributed by atoms with Crippen molar-refractivity contribution in [1.82, 2.24) is 0 Å². The van der Waals surface area contributed by atoms with Gasteiger partial charge in [0.05, 0.1) is 6.61 Å². The first kappa shape index (κ1) is 15.5. The SMILES string of the molecule is Cc1cc(C)c(C(=O)COCCc2ccccc2)cc1C. The van der Waals surface area contributed by atoms with Gasteiger partial charge in [-0.3, -0.25) is 4.79 Å². The number of aryl methyl sites for hydroxylation is 3. The van der Waals surface area contributed by atoms with Crippen molar-refractivity contribution in [3.63, 3.8) is 0 Å². The van der Waals surface area contributed by atoms with Crippen LogP contribution in [0.2, 0.25) is 0 Å². The van der Waals surface area contributed by atoms with E-state index < -0.39 is 0 Å². The molecule has 21 heavy (non-hydrogen) atoms. The maximum absolute atomic E-state index is 12.2. The lowest BCUT2D eigenvalue weighted by atomic mass is 9.98. The summed E-state index contributed by atoms with van der Waals surface area (Å²) in [6.07, 6.45) is 0.833. The average Bonchev–Trinajstić information content (AvgIpc) is 2.48. The minimum Gasteiger partial charge on any atom is -0.373 e. The molecular weight excluding hydrogens is 260 g/mol. The number of Topliss-reactive ketones (excluding diaryl/α,β-unsaturated/α-hetero) is 1. The van der Waals surface area contributed by atoms with Crippen molar-refractivity contribution < 1.29 is 9.53 Å². The zero-order valence-corrected chi connectivity index (χ0v) is 13.0. The number of carbonyl (C=O) groups excluding carboxylic acids is 1. The van der Waals surface area contributed by atoms with Gasteiger partial charge in [0, 0.05) is 5.56 Å². The summed E-state index contributed by atoms with van der Waals surface area (Å²) >= 11 is 0. The summed E-state index contributed by atoms with van der Waals surface area (Å²) in [6, 6.07) is 14.2. The van der Waals surface area contributed by atoms with E-state index in [0.717, 1.165) is 23.1 Å². The number of ketones is 1. The lowest BCUT2D eigenvalue weighted by Crippen LogP contribution is -2.12. The van der Waals surface area contributed by atoms with E-state index in [4.69, 9.17) is 4.74 Å². The van der Waals surface area contributed by atoms with E-state index in [1.54, 1.807) is 0 Å². The van der Waals surface area contributed by atoms with Gasteiger partial charge in [0.15, 0.2) is 5.78 Å². The summed E-state index contributed by atoms with van der Waals surface area (Å²) in [5, 5.41) is 0. The van der Waals surface area contributed by atoms with E-state index in [1.165, 1.54) is 11.1 Å². The Morgan fingerprint density at radius 1 is 0.952 bits per heavy atom. The summed E-state index contributed by atoms with van der Waals surface area (Å²) < 4.78 is 5.53. The number of carbonyl (C=O) groups is 1. The lowest BCUT2D eigenvalue weighted by Gasteiger charge is -2.09. The second-order valence-electron chi connectivity index (χ2n) is 5.46. The number of hydrogen-bond donors (Lipinski definition) is 0. The van der Waals surface area contributed by atoms with Crippen molar-refractivity contribution >= 4 is 5.78 Å². The van der Waals surface area contributed by atoms with Crippen molar-refractivity contribution in [1.29, 1.82) is 0 Å². The Morgan fingerprint density at radius 3 is 2.33 bits per heavy atom. The first-order valence-corrected chi connectivity index (χ1v) is 7.30. The molecule has 0 aromatic heterocycles. The van der Waals surface area contributed by atoms with Gasteiger partial charge in [-0.1, -0.05) is 36.4 Å². The highest BCUT2D eigenvalue weighted by Gasteiger charge is 2.10. The largest absolute Gasteiger partial charge is 0.373 e. The highest BCUT2D eigenvalue weighted by Crippen LogP contribution is 2.16. The molecule has 2 aromatic rings. The fourth-order valence-corrected chi connectivity index (χ4v) is 2.34. The molecular formula is C19H22O2. The Bertz CT molecular complexity index is 615. The first-order chi connectivity index (χ1) is 10.1. The van der Waals surface area contributed by atoms with Crippen LogP contribution in [-0.4, -0.2) is 19.0 Å². The normalized spacial score (nSPS) is 10.6. The quantitative estimate of drug-likeness (QED) is 0.590. The minimum absolute atomic E-state index is 0.0589. The van der Waals surface area contributed by atoms with E-state index in [2.05, 4.69) is 25.1 Å². The van der Waals surface area contributed by atoms with Gasteiger partial charge >= 0.3 is 0 Å². The van der Waals surface area contributed by atoms with Crippen molar-refractivity contribution in [2.24, 2.45) is 0 Å². The van der Waals surface area contributed by atoms with Crippen LogP contribution in [0.15, 0.2) is 42.5 Å². The Balaban J connectivity index is 1.86. The van der Waals surface area contributed by atoms with E-state index in [9.17, 15) is 4.79 Å². The van der Waals surface area contributed by atoms with Crippen LogP contribution >= 0.6 is 0 Å². The number of hydrogen-bond acceptors (Lipinski definition) is 2. The predicted molar refractivity (Wildman–Crippen MR) is 85.9 cm³/mol. The van der Waals surface area contributed by atoms with Gasteiger partial charge in [0.25, 0.3) is 0 Å². The topological polar surface area (TPSA) is 26.3 Å². The molecule has 110 valence electrons. The minimum atomic E-state index is 0.0589. The van der Waals surface area contributed by atoms with Crippen molar-refractivity contribution in [3.05, 3.63) is 70.3 Å². The summed E-state index contributed by atoms with van der Waals surface area (Å²) in [5.41, 5.74) is 5.39. The molecule has 0 bridgehead atoms. The molecule has 0 atom stereocenters. The Hall–Kier alpha value is -1.93. The van der Waals surface area contributed by atoms with Gasteiger partial charge in [-0.05, 0) is 55.5 Å². The molecule has 0 amide bonds. The van der Waals surface area contributed by atoms with Crippen molar-refractivity contribution in [3.8, 4) is 0 Å². The number of ether oxygens (including phenoxy) is 1. The maximum atomic E-state index is 12.2. The van der Waals surface area contributed by atoms with Gasteiger partial charge in [-0.25, -0.2) is 0 Å². The summed E-state index contributed by atoms with van der Waals surface area (Å²) in [6.45, 7) is 6.79. The average molecular weight is 282 g/mol. The van der Waals surface area contributed by atoms with Crippen LogP contribution in [-0.2, 0) is 11.2 Å². The Morgan fingerprint density at radius 2 is 1.62 bits per heavy atom. The fraction of sp³-hybridized carbons (Fsp3) is 0.316. The summed E-state index contributed by atoms with van der Waals surface area (Å²) in [7, 11) is 0. The van der Waals surface area contributed by atoms with Crippen molar-refractivity contribution in [2.75, 3.05) is 13.2 Å². The second-order valence-corrected chi connectivity index (χ2v) is 5.46. The summed E-state index contributed by atoms with van der Waals surface area (Å²) in [4.78, 5) is 12.2. The van der Waals surface area contributed by atoms with Crippen LogP contribution in [0, 0.1) is 20.8 Å². The van der Waals surface area contributed by atoms with E-state index >= 15 is 0 Å². The zero-order valence-electron chi connectivity index (χ0n) is 13.0. The van der Waals surface area contributed by atoms with E-state index in [1.807, 2.05) is 38.1 Å². The van der Waals surface area contributed by atoms with Gasteiger partial charge in [-0.15, -0.1) is 0 Å². The molecule has 0 saturated carbocycles. The van der Waals surface area contributed by atoms with Crippen LogP contribution in [0.25, 0.3) is 0 Å². The van der Waals surface area contributed by atoms with Gasteiger partial charge in [0.2, 0.25) is 0 Å². The highest BCUT2D eigenvalue weighted by molar-refractivity contribution is 5.98. The molecule has 2 nitrogen and oxygen atoms in total. The van der Waals surface area contributed by atoms with E-state index in [0.29, 0.717) is 6.61 Å². The highest BCUT2D eigenvalue weighted by atomic mass is 16.5. The molecule has 0 aliphatic heterocycles. The second kappa shape index (κ2) is 7.19. The Labute approximate surface area is 126 Å². The molecule has 0 aliphatic carbocycles. The molecule has 2 rings (SSSR count). The van der Waals surface area contributed by atoms with Crippen LogP contribution in [0.5, 0.6) is 0 Å². The molecule has 0 saturated heterocycles. The van der Waals surface area contributed by atoms with Crippen molar-refractivity contribution in [2.45, 2.75) is 27.2 Å². The molecule has 0 spiro atoms. The molecule has 2 heteroatoms. The lowest BCUT2D eigenvalue weighted by molar-refractivity contribution is 0.0765. The third kappa shape index (κ3) is 4.27. The third-order valence-electron chi connectivity index (χ3n) is 3.75. The zero-order chi connectivity index (χ0) is 15.2. The number of benzene rings is 2. The molecule has 0 heterocycles. The standard InChI is InChI=1S/C19H22O2/c1-14-11-16(3)18(12-15(14)2)19(20)13-21-10-9-17-7-5-4-6-8-17/h4-8,11-12H,9-10,13H2,1-3H3. The van der Waals surface area contributed by atoms with E-state index in [-0.39, 0.29) is 12.4 Å². The monoisotopic (exact) mass is 282 g/mol. The van der Waals surface area contributed by atoms with Gasteiger partial charge < -0.3 is 4.74 Å². The molecule has 0 N–H and O–H groups in total. The fourth-order valence-electron chi connectivity index (χ4n) is 2.34. The van der Waals surface area contributed by atoms with Gasteiger partial charge in [0.1, 0.15) is 6.61 Å². The third-order valence-corrected chi connectivity index (χ3v) is 3.75.